The van der Waals surface area contributed by atoms with E-state index in [1.54, 1.807) is 27.7 Å². The van der Waals surface area contributed by atoms with E-state index in [0.29, 0.717) is 22.6 Å². The van der Waals surface area contributed by atoms with Crippen LogP contribution in [0.25, 0.3) is 10.2 Å². The molecule has 0 aliphatic rings. The molecule has 0 spiro atoms. The number of esters is 1. The highest BCUT2D eigenvalue weighted by Crippen LogP contribution is 2.29. The number of thiophene rings is 1. The molecule has 0 aliphatic heterocycles. The maximum Gasteiger partial charge on any atom is 0.346 e. The summed E-state index contributed by atoms with van der Waals surface area (Å²) in [6, 6.07) is 0. The summed E-state index contributed by atoms with van der Waals surface area (Å²) in [5.74, 6) is -1.16. The number of fused-ring (bicyclic) bond motifs is 1. The van der Waals surface area contributed by atoms with Gasteiger partial charge in [-0.1, -0.05) is 6.92 Å². The van der Waals surface area contributed by atoms with Crippen molar-refractivity contribution in [3.05, 3.63) is 26.6 Å². The summed E-state index contributed by atoms with van der Waals surface area (Å²) in [5.41, 5.74) is -1.27. The maximum atomic E-state index is 13.2. The van der Waals surface area contributed by atoms with Gasteiger partial charge in [0.25, 0.3) is 5.56 Å². The number of carboxylic acid groups (broad SMARTS) is 1. The first-order chi connectivity index (χ1) is 11.7. The van der Waals surface area contributed by atoms with Crippen molar-refractivity contribution in [2.24, 2.45) is 0 Å². The second-order valence-electron chi connectivity index (χ2n) is 6.24. The summed E-state index contributed by atoms with van der Waals surface area (Å²) in [6.45, 7) is 8.66. The van der Waals surface area contributed by atoms with Crippen molar-refractivity contribution in [3.63, 3.8) is 0 Å². The Morgan fingerprint density at radius 2 is 1.96 bits per heavy atom. The van der Waals surface area contributed by atoms with Crippen LogP contribution in [0.4, 0.5) is 0 Å². The number of ether oxygens (including phenoxy) is 1. The molecule has 2 rings (SSSR count). The molecule has 25 heavy (non-hydrogen) atoms. The Kier molecular flexibility index (Phi) is 5.31. The summed E-state index contributed by atoms with van der Waals surface area (Å²) in [7, 11) is 0. The van der Waals surface area contributed by atoms with Crippen LogP contribution in [-0.4, -0.2) is 33.2 Å². The number of rotatable bonds is 6. The fraction of sp³-hybridized carbons (Fsp3) is 0.529. The number of aryl methyl sites for hydroxylation is 2. The Balaban J connectivity index is 2.86. The number of carboxylic acids is 1. The van der Waals surface area contributed by atoms with Crippen LogP contribution in [-0.2, 0) is 21.5 Å². The fourth-order valence-electron chi connectivity index (χ4n) is 2.80. The molecule has 0 atom stereocenters. The van der Waals surface area contributed by atoms with Crippen LogP contribution in [0.2, 0.25) is 0 Å². The number of aromatic carboxylic acids is 1. The zero-order valence-corrected chi connectivity index (χ0v) is 15.8. The van der Waals surface area contributed by atoms with Gasteiger partial charge in [0, 0.05) is 6.42 Å². The Labute approximate surface area is 149 Å². The second kappa shape index (κ2) is 6.95. The molecule has 0 aromatic carbocycles. The highest BCUT2D eigenvalue weighted by molar-refractivity contribution is 7.20. The third kappa shape index (κ3) is 3.18. The van der Waals surface area contributed by atoms with Gasteiger partial charge in [-0.3, -0.25) is 9.36 Å². The third-order valence-corrected chi connectivity index (χ3v) is 5.21. The van der Waals surface area contributed by atoms with Crippen molar-refractivity contribution in [2.45, 2.75) is 53.0 Å². The predicted octanol–water partition coefficient (Wildman–Crippen LogP) is 2.72. The van der Waals surface area contributed by atoms with Crippen LogP contribution >= 0.6 is 11.3 Å². The number of aromatic nitrogens is 2. The Bertz CT molecular complexity index is 895. The standard InChI is InChI=1S/C17H22N2O5S/c1-6-8-10-18-13-11(9(3)12(25-13)15(21)22)14(20)19(10)17(4,5)16(23)24-7-2/h6-8H2,1-5H3,(H,21,22). The molecule has 2 heterocycles. The minimum atomic E-state index is -1.24. The quantitative estimate of drug-likeness (QED) is 0.789. The van der Waals surface area contributed by atoms with Gasteiger partial charge in [-0.15, -0.1) is 11.3 Å². The van der Waals surface area contributed by atoms with Gasteiger partial charge in [-0.05, 0) is 39.7 Å². The Morgan fingerprint density at radius 3 is 2.48 bits per heavy atom. The molecule has 0 bridgehead atoms. The molecule has 0 saturated carbocycles. The van der Waals surface area contributed by atoms with Crippen LogP contribution < -0.4 is 5.56 Å². The number of nitrogens with zero attached hydrogens (tertiary/aromatic N) is 2. The minimum absolute atomic E-state index is 0.0914. The summed E-state index contributed by atoms with van der Waals surface area (Å²) < 4.78 is 6.47. The SMILES string of the molecule is CCCc1nc2sc(C(=O)O)c(C)c2c(=O)n1C(C)(C)C(=O)OCC. The lowest BCUT2D eigenvalue weighted by atomic mass is 10.0. The van der Waals surface area contributed by atoms with Crippen LogP contribution in [0, 0.1) is 6.92 Å². The number of hydrogen-bond acceptors (Lipinski definition) is 6. The summed E-state index contributed by atoms with van der Waals surface area (Å²) in [5, 5.41) is 9.57. The Morgan fingerprint density at radius 1 is 1.32 bits per heavy atom. The Hall–Kier alpha value is -2.22. The van der Waals surface area contributed by atoms with Crippen LogP contribution in [0.15, 0.2) is 4.79 Å². The summed E-state index contributed by atoms with van der Waals surface area (Å²) in [4.78, 5) is 41.9. The lowest BCUT2D eigenvalue weighted by Crippen LogP contribution is -2.46. The van der Waals surface area contributed by atoms with E-state index in [-0.39, 0.29) is 16.9 Å². The number of hydrogen-bond donors (Lipinski definition) is 1. The van der Waals surface area contributed by atoms with Crippen LogP contribution in [0.1, 0.15) is 55.2 Å². The molecule has 8 heteroatoms. The molecule has 0 unspecified atom stereocenters. The van der Waals surface area contributed by atoms with Gasteiger partial charge < -0.3 is 9.84 Å². The monoisotopic (exact) mass is 366 g/mol. The molecule has 2 aromatic rings. The van der Waals surface area contributed by atoms with Gasteiger partial charge in [-0.2, -0.15) is 0 Å². The normalized spacial score (nSPS) is 11.7. The smallest absolute Gasteiger partial charge is 0.346 e. The van der Waals surface area contributed by atoms with Crippen LogP contribution in [0.3, 0.4) is 0 Å². The van der Waals surface area contributed by atoms with Gasteiger partial charge in [0.05, 0.1) is 12.0 Å². The average molecular weight is 366 g/mol. The molecule has 1 N–H and O–H groups in total. The zero-order chi connectivity index (χ0) is 18.9. The van der Waals surface area contributed by atoms with Crippen molar-refractivity contribution >= 4 is 33.5 Å². The predicted molar refractivity (Wildman–Crippen MR) is 95.5 cm³/mol. The minimum Gasteiger partial charge on any atom is -0.477 e. The molecule has 0 amide bonds. The molecule has 0 saturated heterocycles. The van der Waals surface area contributed by atoms with E-state index in [1.807, 2.05) is 6.92 Å². The van der Waals surface area contributed by atoms with Crippen molar-refractivity contribution < 1.29 is 19.4 Å². The number of carbonyl (C=O) groups is 2. The third-order valence-electron chi connectivity index (χ3n) is 4.04. The number of carbonyl (C=O) groups excluding carboxylic acids is 1. The first kappa shape index (κ1) is 19.1. The van der Waals surface area contributed by atoms with Gasteiger partial charge in [0.15, 0.2) is 0 Å². The lowest BCUT2D eigenvalue weighted by molar-refractivity contribution is -0.152. The van der Waals surface area contributed by atoms with Crippen molar-refractivity contribution in [2.75, 3.05) is 6.61 Å². The van der Waals surface area contributed by atoms with E-state index in [4.69, 9.17) is 4.74 Å². The van der Waals surface area contributed by atoms with E-state index in [1.165, 1.54) is 4.57 Å². The highest BCUT2D eigenvalue weighted by Gasteiger charge is 2.36. The zero-order valence-electron chi connectivity index (χ0n) is 15.0. The molecule has 136 valence electrons. The van der Waals surface area contributed by atoms with Gasteiger partial charge in [-0.25, -0.2) is 14.6 Å². The van der Waals surface area contributed by atoms with Gasteiger partial charge >= 0.3 is 11.9 Å². The van der Waals surface area contributed by atoms with E-state index >= 15 is 0 Å². The molecule has 0 aliphatic carbocycles. The first-order valence-electron chi connectivity index (χ1n) is 8.12. The largest absolute Gasteiger partial charge is 0.477 e. The summed E-state index contributed by atoms with van der Waals surface area (Å²) in [6.07, 6.45) is 1.22. The van der Waals surface area contributed by atoms with Crippen molar-refractivity contribution in [1.82, 2.24) is 9.55 Å². The van der Waals surface area contributed by atoms with E-state index < -0.39 is 23.0 Å². The van der Waals surface area contributed by atoms with Crippen molar-refractivity contribution in [1.29, 1.82) is 0 Å². The molecule has 2 aromatic heterocycles. The molecule has 7 nitrogen and oxygen atoms in total. The summed E-state index contributed by atoms with van der Waals surface area (Å²) >= 11 is 0.984. The highest BCUT2D eigenvalue weighted by atomic mass is 32.1. The van der Waals surface area contributed by atoms with Crippen molar-refractivity contribution in [3.8, 4) is 0 Å². The fourth-order valence-corrected chi connectivity index (χ4v) is 3.83. The first-order valence-corrected chi connectivity index (χ1v) is 8.94. The van der Waals surface area contributed by atoms with E-state index in [2.05, 4.69) is 4.98 Å². The molecular formula is C17H22N2O5S. The van der Waals surface area contributed by atoms with Crippen LogP contribution in [0.5, 0.6) is 0 Å². The average Bonchev–Trinajstić information content (AvgIpc) is 2.85. The van der Waals surface area contributed by atoms with Gasteiger partial charge in [0.2, 0.25) is 0 Å². The van der Waals surface area contributed by atoms with E-state index in [9.17, 15) is 19.5 Å². The molecule has 0 fully saturated rings. The molecular weight excluding hydrogens is 344 g/mol. The molecule has 0 radical (unpaired) electrons. The maximum absolute atomic E-state index is 13.2. The topological polar surface area (TPSA) is 98.5 Å². The van der Waals surface area contributed by atoms with Gasteiger partial charge in [0.1, 0.15) is 21.1 Å². The second-order valence-corrected chi connectivity index (χ2v) is 7.24. The lowest BCUT2D eigenvalue weighted by Gasteiger charge is -2.27. The van der Waals surface area contributed by atoms with E-state index in [0.717, 1.165) is 17.8 Å².